The molecular formula is C20H23NO5S. The maximum atomic E-state index is 12.5. The van der Waals surface area contributed by atoms with Crippen molar-refractivity contribution in [2.45, 2.75) is 30.7 Å². The van der Waals surface area contributed by atoms with Gasteiger partial charge in [-0.3, -0.25) is 4.79 Å². The van der Waals surface area contributed by atoms with Crippen molar-refractivity contribution in [1.82, 2.24) is 4.90 Å². The van der Waals surface area contributed by atoms with Gasteiger partial charge in [-0.15, -0.1) is 0 Å². The molecule has 1 atom stereocenters. The average molecular weight is 389 g/mol. The second-order valence-electron chi connectivity index (χ2n) is 6.48. The number of carbonyl (C=O) groups is 2. The van der Waals surface area contributed by atoms with Crippen molar-refractivity contribution in [3.63, 3.8) is 0 Å². The summed E-state index contributed by atoms with van der Waals surface area (Å²) >= 11 is 0. The monoisotopic (exact) mass is 389 g/mol. The number of sulfone groups is 1. The predicted molar refractivity (Wildman–Crippen MR) is 102 cm³/mol. The molecule has 0 heterocycles. The Balaban J connectivity index is 2.05. The molecule has 1 N–H and O–H groups in total. The number of amides is 1. The normalized spacial score (nSPS) is 12.4. The molecule has 2 aromatic carbocycles. The van der Waals surface area contributed by atoms with Crippen molar-refractivity contribution >= 4 is 21.7 Å². The summed E-state index contributed by atoms with van der Waals surface area (Å²) in [6.45, 7) is 1.86. The van der Waals surface area contributed by atoms with Gasteiger partial charge in [0.1, 0.15) is 0 Å². The second-order valence-corrected chi connectivity index (χ2v) is 8.50. The third-order valence-corrected chi connectivity index (χ3v) is 5.75. The van der Waals surface area contributed by atoms with E-state index in [1.54, 1.807) is 42.3 Å². The van der Waals surface area contributed by atoms with Gasteiger partial charge in [-0.2, -0.15) is 0 Å². The van der Waals surface area contributed by atoms with Crippen molar-refractivity contribution in [1.29, 1.82) is 0 Å². The molecule has 0 fully saturated rings. The van der Waals surface area contributed by atoms with E-state index < -0.39 is 15.8 Å². The van der Waals surface area contributed by atoms with Gasteiger partial charge in [-0.05, 0) is 42.7 Å². The van der Waals surface area contributed by atoms with Gasteiger partial charge in [-0.1, -0.05) is 30.3 Å². The summed E-state index contributed by atoms with van der Waals surface area (Å²) in [5.41, 5.74) is 1.65. The lowest BCUT2D eigenvalue weighted by Gasteiger charge is -2.25. The minimum Gasteiger partial charge on any atom is -0.478 e. The Kier molecular flexibility index (Phi) is 6.38. The molecule has 27 heavy (non-hydrogen) atoms. The number of carboxylic acid groups (broad SMARTS) is 1. The lowest BCUT2D eigenvalue weighted by molar-refractivity contribution is -0.131. The number of carboxylic acids is 1. The zero-order valence-corrected chi connectivity index (χ0v) is 16.4. The van der Waals surface area contributed by atoms with Crippen LogP contribution in [0.1, 0.15) is 40.9 Å². The Morgan fingerprint density at radius 1 is 1.07 bits per heavy atom. The highest BCUT2D eigenvalue weighted by molar-refractivity contribution is 7.90. The number of rotatable bonds is 7. The molecular weight excluding hydrogens is 366 g/mol. The van der Waals surface area contributed by atoms with Crippen LogP contribution < -0.4 is 0 Å². The lowest BCUT2D eigenvalue weighted by atomic mass is 10.0. The molecule has 0 aliphatic heterocycles. The highest BCUT2D eigenvalue weighted by atomic mass is 32.2. The molecule has 0 bridgehead atoms. The van der Waals surface area contributed by atoms with Crippen LogP contribution in [0.4, 0.5) is 0 Å². The number of carbonyl (C=O) groups excluding carboxylic acids is 1. The van der Waals surface area contributed by atoms with Gasteiger partial charge >= 0.3 is 5.97 Å². The molecule has 2 aromatic rings. The zero-order valence-electron chi connectivity index (χ0n) is 15.5. The molecule has 144 valence electrons. The first-order valence-electron chi connectivity index (χ1n) is 8.48. The van der Waals surface area contributed by atoms with Gasteiger partial charge in [0.05, 0.1) is 16.5 Å². The van der Waals surface area contributed by atoms with Gasteiger partial charge in [-0.25, -0.2) is 13.2 Å². The summed E-state index contributed by atoms with van der Waals surface area (Å²) < 4.78 is 23.1. The molecule has 2 rings (SSSR count). The van der Waals surface area contributed by atoms with Crippen LogP contribution in [0.2, 0.25) is 0 Å². The van der Waals surface area contributed by atoms with Gasteiger partial charge in [0.25, 0.3) is 0 Å². The van der Waals surface area contributed by atoms with Crippen molar-refractivity contribution in [3.8, 4) is 0 Å². The number of aryl methyl sites for hydroxylation is 1. The molecule has 0 aromatic heterocycles. The van der Waals surface area contributed by atoms with Crippen LogP contribution in [-0.2, 0) is 21.1 Å². The van der Waals surface area contributed by atoms with Gasteiger partial charge < -0.3 is 10.0 Å². The van der Waals surface area contributed by atoms with E-state index in [9.17, 15) is 23.1 Å². The van der Waals surface area contributed by atoms with Crippen LogP contribution in [0.25, 0.3) is 0 Å². The van der Waals surface area contributed by atoms with Crippen molar-refractivity contribution in [2.24, 2.45) is 0 Å². The smallest absolute Gasteiger partial charge is 0.335 e. The topological polar surface area (TPSA) is 91.8 Å². The van der Waals surface area contributed by atoms with Gasteiger partial charge in [0.2, 0.25) is 5.91 Å². The SMILES string of the molecule is CC(c1ccc(S(C)(=O)=O)cc1)N(C)C(=O)CCc1ccccc1C(=O)O. The molecule has 1 amide bonds. The van der Waals surface area contributed by atoms with E-state index in [-0.39, 0.29) is 28.8 Å². The number of nitrogens with zero attached hydrogens (tertiary/aromatic N) is 1. The molecule has 0 saturated heterocycles. The van der Waals surface area contributed by atoms with Crippen LogP contribution in [-0.4, -0.2) is 43.6 Å². The first kappa shape index (κ1) is 20.6. The van der Waals surface area contributed by atoms with Crippen LogP contribution in [0.5, 0.6) is 0 Å². The highest BCUT2D eigenvalue weighted by Crippen LogP contribution is 2.22. The van der Waals surface area contributed by atoms with Crippen LogP contribution >= 0.6 is 0 Å². The van der Waals surface area contributed by atoms with Crippen molar-refractivity contribution in [2.75, 3.05) is 13.3 Å². The molecule has 0 aliphatic carbocycles. The molecule has 0 spiro atoms. The van der Waals surface area contributed by atoms with Crippen LogP contribution in [0, 0.1) is 0 Å². The summed E-state index contributed by atoms with van der Waals surface area (Å²) in [7, 11) is -1.58. The molecule has 1 unspecified atom stereocenters. The molecule has 7 heteroatoms. The highest BCUT2D eigenvalue weighted by Gasteiger charge is 2.19. The number of benzene rings is 2. The summed E-state index contributed by atoms with van der Waals surface area (Å²) in [6, 6.07) is 12.9. The first-order chi connectivity index (χ1) is 12.6. The minimum absolute atomic E-state index is 0.116. The van der Waals surface area contributed by atoms with Crippen molar-refractivity contribution < 1.29 is 23.1 Å². The zero-order chi connectivity index (χ0) is 20.2. The summed E-state index contributed by atoms with van der Waals surface area (Å²) in [6.07, 6.45) is 1.67. The van der Waals surface area contributed by atoms with E-state index in [2.05, 4.69) is 0 Å². The Hall–Kier alpha value is -2.67. The lowest BCUT2D eigenvalue weighted by Crippen LogP contribution is -2.30. The maximum Gasteiger partial charge on any atom is 0.335 e. The van der Waals surface area contributed by atoms with E-state index in [4.69, 9.17) is 0 Å². The first-order valence-corrected chi connectivity index (χ1v) is 10.4. The Labute approximate surface area is 159 Å². The minimum atomic E-state index is -3.26. The van der Waals surface area contributed by atoms with Gasteiger partial charge in [0, 0.05) is 19.7 Å². The number of aromatic carboxylic acids is 1. The largest absolute Gasteiger partial charge is 0.478 e. The fourth-order valence-corrected chi connectivity index (χ4v) is 3.43. The number of hydrogen-bond acceptors (Lipinski definition) is 4. The Morgan fingerprint density at radius 3 is 2.22 bits per heavy atom. The molecule has 0 radical (unpaired) electrons. The van der Waals surface area contributed by atoms with E-state index >= 15 is 0 Å². The molecule has 6 nitrogen and oxygen atoms in total. The van der Waals surface area contributed by atoms with E-state index in [1.807, 2.05) is 6.92 Å². The van der Waals surface area contributed by atoms with Crippen LogP contribution in [0.3, 0.4) is 0 Å². The maximum absolute atomic E-state index is 12.5. The Bertz CT molecular complexity index is 935. The summed E-state index contributed by atoms with van der Waals surface area (Å²) in [4.78, 5) is 25.6. The van der Waals surface area contributed by atoms with E-state index in [0.717, 1.165) is 11.8 Å². The fraction of sp³-hybridized carbons (Fsp3) is 0.300. The second kappa shape index (κ2) is 8.35. The standard InChI is InChI=1S/C20H23NO5S/c1-14(15-8-11-17(12-9-15)27(3,25)26)21(2)19(22)13-10-16-6-4-5-7-18(16)20(23)24/h4-9,11-12,14H,10,13H2,1-3H3,(H,23,24). The van der Waals surface area contributed by atoms with E-state index in [1.165, 1.54) is 18.2 Å². The summed E-state index contributed by atoms with van der Waals surface area (Å²) in [5.74, 6) is -1.12. The predicted octanol–water partition coefficient (Wildman–Crippen LogP) is 2.94. The van der Waals surface area contributed by atoms with Crippen LogP contribution in [0.15, 0.2) is 53.4 Å². The third-order valence-electron chi connectivity index (χ3n) is 4.62. The fourth-order valence-electron chi connectivity index (χ4n) is 2.80. The Morgan fingerprint density at radius 2 is 1.67 bits per heavy atom. The third kappa shape index (κ3) is 5.17. The average Bonchev–Trinajstić information content (AvgIpc) is 2.64. The van der Waals surface area contributed by atoms with E-state index in [0.29, 0.717) is 12.0 Å². The van der Waals surface area contributed by atoms with Crippen molar-refractivity contribution in [3.05, 3.63) is 65.2 Å². The molecule has 0 saturated carbocycles. The molecule has 0 aliphatic rings. The number of hydrogen-bond donors (Lipinski definition) is 1. The summed E-state index contributed by atoms with van der Waals surface area (Å²) in [5, 5.41) is 9.22. The quantitative estimate of drug-likeness (QED) is 0.786. The van der Waals surface area contributed by atoms with Gasteiger partial charge in [0.15, 0.2) is 9.84 Å².